The Morgan fingerprint density at radius 2 is 2.11 bits per heavy atom. The predicted octanol–water partition coefficient (Wildman–Crippen LogP) is -0.722. The molecular weight excluding hydrogens is 374 g/mol. The predicted molar refractivity (Wildman–Crippen MR) is 92.7 cm³/mol. The van der Waals surface area contributed by atoms with E-state index in [0.29, 0.717) is 25.7 Å². The van der Waals surface area contributed by atoms with Gasteiger partial charge in [0.15, 0.2) is 6.10 Å². The number of methoxy groups -OCH3 is 1. The maximum Gasteiger partial charge on any atom is 0.373 e. The van der Waals surface area contributed by atoms with Crippen molar-refractivity contribution in [2.24, 2.45) is 5.73 Å². The smallest absolute Gasteiger partial charge is 0.373 e. The van der Waals surface area contributed by atoms with E-state index in [0.717, 1.165) is 0 Å². The van der Waals surface area contributed by atoms with Crippen LogP contribution in [0.1, 0.15) is 31.9 Å². The Balaban J connectivity index is 1.67. The van der Waals surface area contributed by atoms with Crippen LogP contribution in [0.2, 0.25) is 0 Å². The topological polar surface area (TPSA) is 152 Å². The minimum atomic E-state index is -1.13. The lowest BCUT2D eigenvalue weighted by atomic mass is 10.1. The molecule has 2 aliphatic rings. The highest BCUT2D eigenvalue weighted by Gasteiger charge is 2.39. The summed E-state index contributed by atoms with van der Waals surface area (Å²) in [5.74, 6) is -1.39. The van der Waals surface area contributed by atoms with Crippen LogP contribution >= 0.6 is 0 Å². The van der Waals surface area contributed by atoms with Crippen molar-refractivity contribution >= 4 is 11.9 Å². The zero-order valence-electron chi connectivity index (χ0n) is 15.2. The first-order chi connectivity index (χ1) is 13.4. The molecular formula is C17H21N3O8. The van der Waals surface area contributed by atoms with Gasteiger partial charge in [-0.15, -0.1) is 0 Å². The number of hydrogen-bond donors (Lipinski definition) is 2. The lowest BCUT2D eigenvalue weighted by Crippen LogP contribution is -2.44. The molecule has 11 heteroatoms. The number of hydrogen-bond acceptors (Lipinski definition) is 8. The van der Waals surface area contributed by atoms with Crippen molar-refractivity contribution in [3.05, 3.63) is 44.9 Å². The van der Waals surface area contributed by atoms with Gasteiger partial charge >= 0.3 is 11.7 Å². The van der Waals surface area contributed by atoms with E-state index in [4.69, 9.17) is 19.9 Å². The van der Waals surface area contributed by atoms with Crippen molar-refractivity contribution in [1.82, 2.24) is 9.55 Å². The van der Waals surface area contributed by atoms with E-state index in [-0.39, 0.29) is 5.76 Å². The molecule has 1 aromatic rings. The van der Waals surface area contributed by atoms with Gasteiger partial charge in [-0.3, -0.25) is 19.1 Å². The normalized spacial score (nSPS) is 25.5. The summed E-state index contributed by atoms with van der Waals surface area (Å²) in [4.78, 5) is 48.8. The first-order valence-electron chi connectivity index (χ1n) is 8.76. The Kier molecular flexibility index (Phi) is 5.95. The molecule has 1 saturated heterocycles. The van der Waals surface area contributed by atoms with Crippen LogP contribution in [-0.2, 0) is 28.5 Å². The first kappa shape index (κ1) is 19.8. The number of nitrogens with zero attached hydrogens (tertiary/aromatic N) is 1. The van der Waals surface area contributed by atoms with Crippen LogP contribution in [0.25, 0.3) is 0 Å². The number of nitrogens with one attached hydrogen (secondary N) is 1. The van der Waals surface area contributed by atoms with E-state index in [1.54, 1.807) is 6.08 Å². The molecule has 28 heavy (non-hydrogen) atoms. The van der Waals surface area contributed by atoms with Crippen molar-refractivity contribution < 1.29 is 28.5 Å². The zero-order chi connectivity index (χ0) is 20.3. The summed E-state index contributed by atoms with van der Waals surface area (Å²) in [6.07, 6.45) is 1.26. The molecule has 11 nitrogen and oxygen atoms in total. The molecule has 152 valence electrons. The van der Waals surface area contributed by atoms with Crippen LogP contribution in [0.4, 0.5) is 0 Å². The minimum Gasteiger partial charge on any atom is -0.463 e. The van der Waals surface area contributed by atoms with Gasteiger partial charge in [-0.25, -0.2) is 9.59 Å². The second-order valence-corrected chi connectivity index (χ2v) is 6.37. The molecule has 3 N–H and O–H groups in total. The second-order valence-electron chi connectivity index (χ2n) is 6.37. The molecule has 0 aliphatic carbocycles. The monoisotopic (exact) mass is 395 g/mol. The van der Waals surface area contributed by atoms with E-state index in [2.05, 4.69) is 9.72 Å². The van der Waals surface area contributed by atoms with Crippen LogP contribution < -0.4 is 17.0 Å². The standard InChI is InChI=1S/C17H21N3O8/c1-25-16(23)10-3-2-4-13(27-10)28-14(15(18)22)9-5-6-12(26-9)20-8-7-11(21)19-17(20)24/h3,7-9,12-14H,2,4-6H2,1H3,(H2,18,22)(H,19,21,24). The SMILES string of the molecule is COC(=O)C1=CCCC(OC(C(N)=O)C2CCC(n3ccc(=O)[nH]c3=O)O2)O1. The van der Waals surface area contributed by atoms with Crippen LogP contribution in [0.15, 0.2) is 33.7 Å². The molecule has 0 spiro atoms. The Labute approximate surface area is 159 Å². The van der Waals surface area contributed by atoms with Gasteiger partial charge in [-0.1, -0.05) is 0 Å². The molecule has 3 rings (SSSR count). The van der Waals surface area contributed by atoms with Crippen molar-refractivity contribution in [1.29, 1.82) is 0 Å². The number of allylic oxidation sites excluding steroid dienone is 1. The summed E-state index contributed by atoms with van der Waals surface area (Å²) < 4.78 is 22.7. The molecule has 1 fully saturated rings. The third-order valence-corrected chi connectivity index (χ3v) is 4.49. The summed E-state index contributed by atoms with van der Waals surface area (Å²) in [7, 11) is 1.23. The highest BCUT2D eigenvalue weighted by molar-refractivity contribution is 5.86. The largest absolute Gasteiger partial charge is 0.463 e. The molecule has 1 aromatic heterocycles. The van der Waals surface area contributed by atoms with Crippen LogP contribution in [0, 0.1) is 0 Å². The number of amides is 1. The molecule has 1 amide bonds. The van der Waals surface area contributed by atoms with Gasteiger partial charge in [0.25, 0.3) is 5.56 Å². The molecule has 0 radical (unpaired) electrons. The van der Waals surface area contributed by atoms with Gasteiger partial charge in [0.2, 0.25) is 18.0 Å². The van der Waals surface area contributed by atoms with E-state index < -0.39 is 47.9 Å². The number of carbonyl (C=O) groups excluding carboxylic acids is 2. The maximum absolute atomic E-state index is 11.9. The summed E-state index contributed by atoms with van der Waals surface area (Å²) in [5.41, 5.74) is 4.34. The number of primary amides is 1. The van der Waals surface area contributed by atoms with Gasteiger partial charge in [-0.05, 0) is 25.3 Å². The number of aromatic amines is 1. The number of carbonyl (C=O) groups is 2. The molecule has 0 aromatic carbocycles. The second kappa shape index (κ2) is 8.40. The van der Waals surface area contributed by atoms with Crippen molar-refractivity contribution in [2.75, 3.05) is 7.11 Å². The third kappa shape index (κ3) is 4.31. The summed E-state index contributed by atoms with van der Waals surface area (Å²) in [6, 6.07) is 1.21. The highest BCUT2D eigenvalue weighted by atomic mass is 16.7. The van der Waals surface area contributed by atoms with E-state index in [1.165, 1.54) is 23.9 Å². The lowest BCUT2D eigenvalue weighted by Gasteiger charge is -2.29. The number of esters is 1. The van der Waals surface area contributed by atoms with Gasteiger partial charge in [0, 0.05) is 18.7 Å². The van der Waals surface area contributed by atoms with Gasteiger partial charge in [0.1, 0.15) is 6.23 Å². The van der Waals surface area contributed by atoms with Gasteiger partial charge in [-0.2, -0.15) is 0 Å². The highest BCUT2D eigenvalue weighted by Crippen LogP contribution is 2.31. The number of H-pyrrole nitrogens is 1. The molecule has 4 atom stereocenters. The van der Waals surface area contributed by atoms with Crippen LogP contribution in [-0.4, -0.2) is 47.0 Å². The molecule has 4 unspecified atom stereocenters. The average molecular weight is 395 g/mol. The number of ether oxygens (including phenoxy) is 4. The summed E-state index contributed by atoms with van der Waals surface area (Å²) >= 11 is 0. The number of nitrogens with two attached hydrogens (primary N) is 1. The average Bonchev–Trinajstić information content (AvgIpc) is 3.14. The fourth-order valence-electron chi connectivity index (χ4n) is 3.15. The van der Waals surface area contributed by atoms with Gasteiger partial charge in [0.05, 0.1) is 13.2 Å². The molecule has 3 heterocycles. The summed E-state index contributed by atoms with van der Waals surface area (Å²) in [5, 5.41) is 0. The van der Waals surface area contributed by atoms with E-state index >= 15 is 0 Å². The first-order valence-corrected chi connectivity index (χ1v) is 8.76. The molecule has 0 saturated carbocycles. The van der Waals surface area contributed by atoms with Gasteiger partial charge < -0.3 is 24.7 Å². The van der Waals surface area contributed by atoms with Crippen LogP contribution in [0.3, 0.4) is 0 Å². The van der Waals surface area contributed by atoms with E-state index in [1.807, 2.05) is 0 Å². The fraction of sp³-hybridized carbons (Fsp3) is 0.529. The fourth-order valence-corrected chi connectivity index (χ4v) is 3.15. The Morgan fingerprint density at radius 1 is 1.32 bits per heavy atom. The molecule has 0 bridgehead atoms. The van der Waals surface area contributed by atoms with Crippen molar-refractivity contribution in [2.45, 2.75) is 50.4 Å². The Morgan fingerprint density at radius 3 is 2.79 bits per heavy atom. The summed E-state index contributed by atoms with van der Waals surface area (Å²) in [6.45, 7) is 0. The quantitative estimate of drug-likeness (QED) is 0.599. The van der Waals surface area contributed by atoms with E-state index in [9.17, 15) is 19.2 Å². The Hall–Kier alpha value is -2.92. The minimum absolute atomic E-state index is 0.00646. The zero-order valence-corrected chi connectivity index (χ0v) is 15.2. The Bertz CT molecular complexity index is 889. The van der Waals surface area contributed by atoms with Crippen molar-refractivity contribution in [3.8, 4) is 0 Å². The maximum atomic E-state index is 11.9. The van der Waals surface area contributed by atoms with Crippen LogP contribution in [0.5, 0.6) is 0 Å². The molecule has 2 aliphatic heterocycles. The number of aromatic nitrogens is 2. The lowest BCUT2D eigenvalue weighted by molar-refractivity contribution is -0.197. The van der Waals surface area contributed by atoms with Crippen molar-refractivity contribution in [3.63, 3.8) is 0 Å². The number of rotatable bonds is 6. The third-order valence-electron chi connectivity index (χ3n) is 4.49.